The van der Waals surface area contributed by atoms with Crippen molar-refractivity contribution in [2.24, 2.45) is 0 Å². The Balaban J connectivity index is 1.86. The molecule has 1 fully saturated rings. The highest BCUT2D eigenvalue weighted by atomic mass is 32.2. The van der Waals surface area contributed by atoms with E-state index in [9.17, 15) is 0 Å². The highest BCUT2D eigenvalue weighted by Gasteiger charge is 2.18. The summed E-state index contributed by atoms with van der Waals surface area (Å²) in [7, 11) is 1.72. The Labute approximate surface area is 137 Å². The van der Waals surface area contributed by atoms with Crippen LogP contribution in [0.2, 0.25) is 0 Å². The van der Waals surface area contributed by atoms with Crippen LogP contribution in [0, 0.1) is 6.92 Å². The molecule has 0 amide bonds. The molecule has 3 rings (SSSR count). The van der Waals surface area contributed by atoms with Crippen molar-refractivity contribution in [3.63, 3.8) is 0 Å². The molecule has 3 heteroatoms. The number of ether oxygens (including phenoxy) is 1. The van der Waals surface area contributed by atoms with Gasteiger partial charge in [-0.1, -0.05) is 30.0 Å². The van der Waals surface area contributed by atoms with Crippen molar-refractivity contribution >= 4 is 11.8 Å². The summed E-state index contributed by atoms with van der Waals surface area (Å²) in [5.74, 6) is 1.61. The van der Waals surface area contributed by atoms with Crippen molar-refractivity contribution in [2.45, 2.75) is 35.5 Å². The summed E-state index contributed by atoms with van der Waals surface area (Å²) >= 11 is 1.88. The zero-order valence-corrected chi connectivity index (χ0v) is 14.1. The van der Waals surface area contributed by atoms with Crippen molar-refractivity contribution in [2.75, 3.05) is 20.2 Å². The maximum absolute atomic E-state index is 5.30. The van der Waals surface area contributed by atoms with E-state index in [-0.39, 0.29) is 0 Å². The molecule has 0 saturated carbocycles. The van der Waals surface area contributed by atoms with E-state index in [1.807, 2.05) is 17.8 Å². The zero-order chi connectivity index (χ0) is 15.4. The highest BCUT2D eigenvalue weighted by molar-refractivity contribution is 7.99. The Kier molecular flexibility index (Phi) is 5.06. The molecular weight excluding hydrogens is 290 g/mol. The van der Waals surface area contributed by atoms with Gasteiger partial charge in [0.05, 0.1) is 7.11 Å². The molecule has 116 valence electrons. The summed E-state index contributed by atoms with van der Waals surface area (Å²) in [6, 6.07) is 15.2. The monoisotopic (exact) mass is 313 g/mol. The predicted molar refractivity (Wildman–Crippen MR) is 93.1 cm³/mol. The lowest BCUT2D eigenvalue weighted by molar-refractivity contribution is 0.414. The minimum absolute atomic E-state index is 0.684. The number of nitrogens with one attached hydrogen (secondary N) is 1. The lowest BCUT2D eigenvalue weighted by Crippen LogP contribution is -2.26. The molecule has 1 saturated heterocycles. The van der Waals surface area contributed by atoms with Crippen LogP contribution in [0.15, 0.2) is 52.3 Å². The van der Waals surface area contributed by atoms with Crippen LogP contribution in [0.4, 0.5) is 0 Å². The zero-order valence-electron chi connectivity index (χ0n) is 13.3. The molecule has 1 aliphatic rings. The molecule has 2 nitrogen and oxygen atoms in total. The molecule has 0 bridgehead atoms. The lowest BCUT2D eigenvalue weighted by Gasteiger charge is -2.25. The van der Waals surface area contributed by atoms with Crippen LogP contribution in [-0.2, 0) is 0 Å². The van der Waals surface area contributed by atoms with E-state index in [4.69, 9.17) is 4.74 Å². The van der Waals surface area contributed by atoms with Crippen LogP contribution in [0.5, 0.6) is 5.75 Å². The maximum Gasteiger partial charge on any atom is 0.119 e. The van der Waals surface area contributed by atoms with Gasteiger partial charge in [-0.3, -0.25) is 0 Å². The topological polar surface area (TPSA) is 21.3 Å². The average molecular weight is 313 g/mol. The molecule has 0 radical (unpaired) electrons. The minimum Gasteiger partial charge on any atom is -0.497 e. The first-order chi connectivity index (χ1) is 10.8. The van der Waals surface area contributed by atoms with Gasteiger partial charge in [-0.25, -0.2) is 0 Å². The molecule has 1 N–H and O–H groups in total. The Morgan fingerprint density at radius 1 is 1.05 bits per heavy atom. The summed E-state index contributed by atoms with van der Waals surface area (Å²) < 4.78 is 5.30. The standard InChI is InChI=1S/C19H23NOS/c1-14-13-16(21-2)7-8-18(14)22-19-6-4-3-5-17(19)15-9-11-20-12-10-15/h3-8,13,15,20H,9-12H2,1-2H3. The second-order valence-electron chi connectivity index (χ2n) is 5.80. The van der Waals surface area contributed by atoms with Crippen molar-refractivity contribution in [3.05, 3.63) is 53.6 Å². The smallest absolute Gasteiger partial charge is 0.119 e. The quantitative estimate of drug-likeness (QED) is 0.890. The lowest BCUT2D eigenvalue weighted by atomic mass is 9.90. The summed E-state index contributed by atoms with van der Waals surface area (Å²) in [4.78, 5) is 2.70. The van der Waals surface area contributed by atoms with Crippen LogP contribution in [-0.4, -0.2) is 20.2 Å². The number of piperidine rings is 1. The van der Waals surface area contributed by atoms with Gasteiger partial charge in [-0.15, -0.1) is 0 Å². The van der Waals surface area contributed by atoms with E-state index < -0.39 is 0 Å². The number of aryl methyl sites for hydroxylation is 1. The van der Waals surface area contributed by atoms with Gasteiger partial charge in [-0.05, 0) is 74.2 Å². The largest absolute Gasteiger partial charge is 0.497 e. The molecule has 2 aromatic rings. The van der Waals surface area contributed by atoms with Gasteiger partial charge in [0.25, 0.3) is 0 Å². The summed E-state index contributed by atoms with van der Waals surface area (Å²) in [5.41, 5.74) is 2.77. The minimum atomic E-state index is 0.684. The first kappa shape index (κ1) is 15.4. The molecule has 0 aliphatic carbocycles. The van der Waals surface area contributed by atoms with Gasteiger partial charge in [0, 0.05) is 9.79 Å². The Morgan fingerprint density at radius 3 is 2.55 bits per heavy atom. The number of hydrogen-bond donors (Lipinski definition) is 1. The molecule has 0 spiro atoms. The molecule has 1 aliphatic heterocycles. The third-order valence-electron chi connectivity index (χ3n) is 4.30. The molecule has 2 aromatic carbocycles. The molecule has 1 heterocycles. The second kappa shape index (κ2) is 7.21. The number of hydrogen-bond acceptors (Lipinski definition) is 3. The Morgan fingerprint density at radius 2 is 1.82 bits per heavy atom. The Hall–Kier alpha value is -1.45. The summed E-state index contributed by atoms with van der Waals surface area (Å²) in [5, 5.41) is 3.45. The van der Waals surface area contributed by atoms with Gasteiger partial charge in [0.15, 0.2) is 0 Å². The average Bonchev–Trinajstić information content (AvgIpc) is 2.58. The first-order valence-electron chi connectivity index (χ1n) is 7.90. The fraction of sp³-hybridized carbons (Fsp3) is 0.368. The number of benzene rings is 2. The van der Waals surface area contributed by atoms with Gasteiger partial charge in [0.1, 0.15) is 5.75 Å². The van der Waals surface area contributed by atoms with Crippen LogP contribution in [0.1, 0.15) is 29.9 Å². The normalized spacial score (nSPS) is 15.7. The fourth-order valence-electron chi connectivity index (χ4n) is 3.03. The van der Waals surface area contributed by atoms with Crippen LogP contribution in [0.3, 0.4) is 0 Å². The van der Waals surface area contributed by atoms with E-state index >= 15 is 0 Å². The van der Waals surface area contributed by atoms with E-state index in [1.165, 1.54) is 33.8 Å². The van der Waals surface area contributed by atoms with Gasteiger partial charge >= 0.3 is 0 Å². The van der Waals surface area contributed by atoms with Gasteiger partial charge < -0.3 is 10.1 Å². The molecule has 0 atom stereocenters. The number of rotatable bonds is 4. The molecule has 0 unspecified atom stereocenters. The van der Waals surface area contributed by atoms with Crippen LogP contribution in [0.25, 0.3) is 0 Å². The van der Waals surface area contributed by atoms with Crippen molar-refractivity contribution in [3.8, 4) is 5.75 Å². The van der Waals surface area contributed by atoms with Crippen molar-refractivity contribution in [1.29, 1.82) is 0 Å². The fourth-order valence-corrected chi connectivity index (χ4v) is 4.12. The molecule has 22 heavy (non-hydrogen) atoms. The Bertz CT molecular complexity index is 635. The third kappa shape index (κ3) is 3.47. The van der Waals surface area contributed by atoms with E-state index in [2.05, 4.69) is 48.6 Å². The van der Waals surface area contributed by atoms with Crippen molar-refractivity contribution < 1.29 is 4.74 Å². The maximum atomic E-state index is 5.30. The SMILES string of the molecule is COc1ccc(Sc2ccccc2C2CCNCC2)c(C)c1. The van der Waals surface area contributed by atoms with Crippen LogP contribution >= 0.6 is 11.8 Å². The summed E-state index contributed by atoms with van der Waals surface area (Å²) in [6.07, 6.45) is 2.47. The van der Waals surface area contributed by atoms with Gasteiger partial charge in [-0.2, -0.15) is 0 Å². The summed E-state index contributed by atoms with van der Waals surface area (Å²) in [6.45, 7) is 4.41. The van der Waals surface area contributed by atoms with Gasteiger partial charge in [0.2, 0.25) is 0 Å². The number of methoxy groups -OCH3 is 1. The van der Waals surface area contributed by atoms with E-state index in [1.54, 1.807) is 7.11 Å². The molecular formula is C19H23NOS. The molecule has 0 aromatic heterocycles. The third-order valence-corrected chi connectivity index (χ3v) is 5.57. The van der Waals surface area contributed by atoms with E-state index in [0.717, 1.165) is 18.8 Å². The van der Waals surface area contributed by atoms with Crippen LogP contribution < -0.4 is 10.1 Å². The highest BCUT2D eigenvalue weighted by Crippen LogP contribution is 2.38. The predicted octanol–water partition coefficient (Wildman–Crippen LogP) is 4.62. The van der Waals surface area contributed by atoms with Crippen molar-refractivity contribution in [1.82, 2.24) is 5.32 Å². The van der Waals surface area contributed by atoms with E-state index in [0.29, 0.717) is 5.92 Å². The second-order valence-corrected chi connectivity index (χ2v) is 6.88. The first-order valence-corrected chi connectivity index (χ1v) is 8.71.